The lowest BCUT2D eigenvalue weighted by atomic mass is 9.60. The van der Waals surface area contributed by atoms with Crippen molar-refractivity contribution in [3.8, 4) is 0 Å². The van der Waals surface area contributed by atoms with Gasteiger partial charge in [0.2, 0.25) is 0 Å². The summed E-state index contributed by atoms with van der Waals surface area (Å²) in [5.41, 5.74) is -0.524. The van der Waals surface area contributed by atoms with Crippen LogP contribution in [0.4, 0.5) is 0 Å². The largest absolute Gasteiger partial charge is 0.481 e. The van der Waals surface area contributed by atoms with Gasteiger partial charge >= 0.3 is 11.9 Å². The molecule has 0 spiro atoms. The maximum absolute atomic E-state index is 12.8. The van der Waals surface area contributed by atoms with E-state index in [1.165, 1.54) is 0 Å². The Morgan fingerprint density at radius 2 is 1.77 bits per heavy atom. The van der Waals surface area contributed by atoms with E-state index < -0.39 is 37.5 Å². The minimum Gasteiger partial charge on any atom is -0.481 e. The molecule has 0 saturated heterocycles. The van der Waals surface area contributed by atoms with Gasteiger partial charge < -0.3 is 9.84 Å². The lowest BCUT2D eigenvalue weighted by Crippen LogP contribution is -2.46. The summed E-state index contributed by atoms with van der Waals surface area (Å²) in [6, 6.07) is 0. The van der Waals surface area contributed by atoms with Gasteiger partial charge in [-0.2, -0.15) is 0 Å². The van der Waals surface area contributed by atoms with Crippen LogP contribution in [0.3, 0.4) is 0 Å². The average molecular weight is 460 g/mol. The SMILES string of the molecule is CCC(C)(C)C(=O)O[C@@H]1CCC[C@H]2CC[C@@H](C)[C@@H](CC[P+](O)(O)CC(=O)CC(=O)O)[C@@H]21. The zero-order valence-corrected chi connectivity index (χ0v) is 20.3. The van der Waals surface area contributed by atoms with Crippen molar-refractivity contribution in [1.29, 1.82) is 0 Å². The summed E-state index contributed by atoms with van der Waals surface area (Å²) >= 11 is 0. The number of carbonyl (C=O) groups is 3. The number of ether oxygens (including phenoxy) is 1. The Labute approximate surface area is 186 Å². The van der Waals surface area contributed by atoms with Crippen molar-refractivity contribution in [3.05, 3.63) is 0 Å². The summed E-state index contributed by atoms with van der Waals surface area (Å²) in [5, 5.41) is 8.74. The summed E-state index contributed by atoms with van der Waals surface area (Å²) in [6.45, 7) is 7.96. The zero-order valence-electron chi connectivity index (χ0n) is 19.4. The molecular weight excluding hydrogens is 419 g/mol. The maximum Gasteiger partial charge on any atom is 0.311 e. The second kappa shape index (κ2) is 10.7. The second-order valence-electron chi connectivity index (χ2n) is 10.3. The molecule has 0 radical (unpaired) electrons. The van der Waals surface area contributed by atoms with Gasteiger partial charge in [0.15, 0.2) is 11.9 Å². The molecule has 0 aromatic heterocycles. The van der Waals surface area contributed by atoms with Crippen molar-refractivity contribution in [2.45, 2.75) is 85.2 Å². The van der Waals surface area contributed by atoms with E-state index >= 15 is 0 Å². The van der Waals surface area contributed by atoms with Crippen LogP contribution in [0.25, 0.3) is 0 Å². The molecule has 8 heteroatoms. The summed E-state index contributed by atoms with van der Waals surface area (Å²) in [7, 11) is -3.49. The predicted octanol–water partition coefficient (Wildman–Crippen LogP) is 4.06. The number of esters is 1. The minimum absolute atomic E-state index is 0.109. The van der Waals surface area contributed by atoms with E-state index in [1.807, 2.05) is 20.8 Å². The molecule has 2 saturated carbocycles. The van der Waals surface area contributed by atoms with Crippen LogP contribution in [-0.2, 0) is 19.1 Å². The summed E-state index contributed by atoms with van der Waals surface area (Å²) < 4.78 is 6.06. The third-order valence-electron chi connectivity index (χ3n) is 7.55. The molecular formula is C23H40O7P+. The predicted molar refractivity (Wildman–Crippen MR) is 120 cm³/mol. The maximum atomic E-state index is 12.8. The van der Waals surface area contributed by atoms with E-state index in [1.54, 1.807) is 0 Å². The second-order valence-corrected chi connectivity index (χ2v) is 12.8. The highest BCUT2D eigenvalue weighted by atomic mass is 31.2. The van der Waals surface area contributed by atoms with Crippen LogP contribution < -0.4 is 0 Å². The molecule has 0 unspecified atom stereocenters. The normalized spacial score (nSPS) is 29.2. The molecule has 2 aliphatic rings. The monoisotopic (exact) mass is 459 g/mol. The van der Waals surface area contributed by atoms with Crippen molar-refractivity contribution in [2.24, 2.45) is 29.1 Å². The third kappa shape index (κ3) is 7.23. The van der Waals surface area contributed by atoms with Gasteiger partial charge in [0, 0.05) is 5.92 Å². The Bertz CT molecular complexity index is 660. The van der Waals surface area contributed by atoms with Gasteiger partial charge in [0.05, 0.1) is 5.41 Å². The quantitative estimate of drug-likeness (QED) is 0.256. The van der Waals surface area contributed by atoms with E-state index in [4.69, 9.17) is 9.84 Å². The van der Waals surface area contributed by atoms with Crippen molar-refractivity contribution in [2.75, 3.05) is 12.3 Å². The van der Waals surface area contributed by atoms with Crippen molar-refractivity contribution in [1.82, 2.24) is 0 Å². The first-order chi connectivity index (χ1) is 14.4. The molecule has 2 aliphatic carbocycles. The van der Waals surface area contributed by atoms with E-state index in [-0.39, 0.29) is 30.1 Å². The summed E-state index contributed by atoms with van der Waals surface area (Å²) in [4.78, 5) is 56.1. The standard InChI is InChI=1S/C23H39O7P/c1-5-23(3,4)22(27)30-19-8-6-7-16-10-9-15(2)18(21(16)19)11-12-31(28,29)14-17(24)13-20(25)26/h15-16,18-19,21,28-29H,5-14H2,1-4H3/p+1/t15-,16+,18-,19-,21-/m1/s1. The molecule has 2 rings (SSSR count). The van der Waals surface area contributed by atoms with E-state index in [0.29, 0.717) is 24.7 Å². The first-order valence-electron chi connectivity index (χ1n) is 11.6. The Hall–Kier alpha value is -1.04. The van der Waals surface area contributed by atoms with Crippen LogP contribution in [0.5, 0.6) is 0 Å². The van der Waals surface area contributed by atoms with Crippen molar-refractivity contribution < 1.29 is 34.0 Å². The van der Waals surface area contributed by atoms with Gasteiger partial charge in [0.1, 0.15) is 18.7 Å². The Morgan fingerprint density at radius 3 is 2.39 bits per heavy atom. The number of hydrogen-bond donors (Lipinski definition) is 3. The van der Waals surface area contributed by atoms with Gasteiger partial charge in [-0.1, -0.05) is 20.3 Å². The average Bonchev–Trinajstić information content (AvgIpc) is 2.66. The molecule has 0 amide bonds. The highest BCUT2D eigenvalue weighted by Crippen LogP contribution is 2.55. The Morgan fingerprint density at radius 1 is 1.10 bits per heavy atom. The molecule has 0 aromatic carbocycles. The molecule has 3 N–H and O–H groups in total. The highest BCUT2D eigenvalue weighted by molar-refractivity contribution is 7.65. The number of fused-ring (bicyclic) bond motifs is 1. The van der Waals surface area contributed by atoms with Gasteiger partial charge in [0.25, 0.3) is 7.72 Å². The summed E-state index contributed by atoms with van der Waals surface area (Å²) in [5.74, 6) is -0.838. The summed E-state index contributed by atoms with van der Waals surface area (Å²) in [6.07, 6.45) is 5.20. The zero-order chi connectivity index (χ0) is 23.4. The van der Waals surface area contributed by atoms with Crippen LogP contribution in [0.2, 0.25) is 0 Å². The molecule has 31 heavy (non-hydrogen) atoms. The molecule has 0 aliphatic heterocycles. The number of carboxylic acids is 1. The van der Waals surface area contributed by atoms with Crippen LogP contribution in [0.1, 0.15) is 79.1 Å². The lowest BCUT2D eigenvalue weighted by Gasteiger charge is -2.48. The first-order valence-corrected chi connectivity index (χ1v) is 13.7. The number of hydrogen-bond acceptors (Lipinski definition) is 6. The fourth-order valence-electron chi connectivity index (χ4n) is 5.30. The topological polar surface area (TPSA) is 121 Å². The molecule has 0 heterocycles. The van der Waals surface area contributed by atoms with E-state index in [2.05, 4.69) is 6.92 Å². The van der Waals surface area contributed by atoms with Crippen LogP contribution >= 0.6 is 7.72 Å². The fourth-order valence-corrected chi connectivity index (χ4v) is 6.85. The van der Waals surface area contributed by atoms with Gasteiger partial charge in [-0.3, -0.25) is 14.4 Å². The fraction of sp³-hybridized carbons (Fsp3) is 0.870. The van der Waals surface area contributed by atoms with Crippen molar-refractivity contribution in [3.63, 3.8) is 0 Å². The Kier molecular flexibility index (Phi) is 9.06. The Balaban J connectivity index is 2.10. The molecule has 0 bridgehead atoms. The smallest absolute Gasteiger partial charge is 0.311 e. The first kappa shape index (κ1) is 26.2. The van der Waals surface area contributed by atoms with Crippen molar-refractivity contribution >= 4 is 25.4 Å². The lowest BCUT2D eigenvalue weighted by molar-refractivity contribution is -0.171. The third-order valence-corrected chi connectivity index (χ3v) is 9.38. The number of carbonyl (C=O) groups excluding carboxylic acids is 2. The number of ketones is 1. The van der Waals surface area contributed by atoms with Gasteiger partial charge in [-0.15, -0.1) is 0 Å². The number of Topliss-reactive ketones (excluding diaryl/α,β-unsaturated/α-hetero) is 1. The molecule has 5 atom stereocenters. The molecule has 7 nitrogen and oxygen atoms in total. The molecule has 178 valence electrons. The van der Waals surface area contributed by atoms with E-state index in [9.17, 15) is 24.2 Å². The minimum atomic E-state index is -3.49. The number of carboxylic acid groups (broad SMARTS) is 1. The van der Waals surface area contributed by atoms with Gasteiger partial charge in [-0.25, -0.2) is 9.79 Å². The van der Waals surface area contributed by atoms with Crippen LogP contribution in [0.15, 0.2) is 0 Å². The molecule has 0 aromatic rings. The van der Waals surface area contributed by atoms with Crippen LogP contribution in [0, 0.1) is 29.1 Å². The highest BCUT2D eigenvalue weighted by Gasteiger charge is 2.48. The number of aliphatic carboxylic acids is 1. The van der Waals surface area contributed by atoms with Gasteiger partial charge in [-0.05, 0) is 70.1 Å². The van der Waals surface area contributed by atoms with Crippen LogP contribution in [-0.4, -0.2) is 51.0 Å². The molecule has 2 fully saturated rings. The van der Waals surface area contributed by atoms with E-state index in [0.717, 1.165) is 32.1 Å². The number of rotatable bonds is 10.